The van der Waals surface area contributed by atoms with Crippen molar-refractivity contribution in [2.75, 3.05) is 14.1 Å². The van der Waals surface area contributed by atoms with Gasteiger partial charge in [-0.1, -0.05) is 0 Å². The summed E-state index contributed by atoms with van der Waals surface area (Å²) in [5.74, 6) is 0.0572. The van der Waals surface area contributed by atoms with E-state index in [-0.39, 0.29) is 29.2 Å². The van der Waals surface area contributed by atoms with Crippen molar-refractivity contribution >= 4 is 28.2 Å². The molecule has 2 N–H and O–H groups in total. The molecule has 0 amide bonds. The molecule has 1 aromatic rings. The Morgan fingerprint density at radius 3 is 2.44 bits per heavy atom. The standard InChI is InChI=1S/C21H23B2F3N4O2/c1-29-11-14(12-31)19(28)20(22,23)30(2)15-4-7-16(8-5-15)32-17-6-3-13(10-27)18(9-17)21(24,25)26/h3,6,9,11-12,15-16H,4-5,7-8,28H2,1-2H3. The van der Waals surface area contributed by atoms with Crippen LogP contribution in [0.1, 0.15) is 36.8 Å². The first-order chi connectivity index (χ1) is 14.9. The number of ether oxygens (including phenoxy) is 1. The van der Waals surface area contributed by atoms with E-state index < -0.39 is 22.6 Å². The smallest absolute Gasteiger partial charge is 0.417 e. The third-order valence-corrected chi connectivity index (χ3v) is 5.63. The van der Waals surface area contributed by atoms with E-state index in [4.69, 9.17) is 31.4 Å². The Labute approximate surface area is 188 Å². The second-order valence-electron chi connectivity index (χ2n) is 7.68. The summed E-state index contributed by atoms with van der Waals surface area (Å²) in [6, 6.07) is 4.78. The number of hydrogen-bond acceptors (Lipinski definition) is 6. The van der Waals surface area contributed by atoms with Crippen molar-refractivity contribution in [1.82, 2.24) is 4.90 Å². The van der Waals surface area contributed by atoms with Gasteiger partial charge in [-0.15, -0.1) is 0 Å². The first kappa shape index (κ1) is 25.5. The second kappa shape index (κ2) is 10.3. The maximum absolute atomic E-state index is 13.2. The van der Waals surface area contributed by atoms with Gasteiger partial charge in [-0.3, -0.25) is 9.79 Å². The zero-order valence-corrected chi connectivity index (χ0v) is 17.9. The van der Waals surface area contributed by atoms with Crippen molar-refractivity contribution in [3.8, 4) is 11.8 Å². The summed E-state index contributed by atoms with van der Waals surface area (Å²) < 4.78 is 45.2. The lowest BCUT2D eigenvalue weighted by molar-refractivity contribution is -0.138. The Balaban J connectivity index is 2.08. The molecule has 0 unspecified atom stereocenters. The SMILES string of the molecule is [B]C([B])(C(N)=C(C=O)C=NC)N(C)C1CCC(Oc2ccc(C#N)c(C(F)(F)F)c2)CC1. The maximum atomic E-state index is 13.2. The van der Waals surface area contributed by atoms with E-state index in [2.05, 4.69) is 4.99 Å². The zero-order chi connectivity index (χ0) is 24.1. The predicted molar refractivity (Wildman–Crippen MR) is 117 cm³/mol. The zero-order valence-electron chi connectivity index (χ0n) is 17.9. The highest BCUT2D eigenvalue weighted by Crippen LogP contribution is 2.35. The van der Waals surface area contributed by atoms with Crippen LogP contribution in [0.5, 0.6) is 5.75 Å². The Bertz CT molecular complexity index is 934. The highest BCUT2D eigenvalue weighted by Gasteiger charge is 2.36. The number of rotatable bonds is 7. The van der Waals surface area contributed by atoms with Gasteiger partial charge in [0.05, 0.1) is 44.6 Å². The largest absolute Gasteiger partial charge is 0.490 e. The maximum Gasteiger partial charge on any atom is 0.417 e. The third-order valence-electron chi connectivity index (χ3n) is 5.63. The molecule has 0 aromatic heterocycles. The van der Waals surface area contributed by atoms with Gasteiger partial charge in [-0.2, -0.15) is 18.4 Å². The fourth-order valence-electron chi connectivity index (χ4n) is 3.70. The number of nitrogens with zero attached hydrogens (tertiary/aromatic N) is 3. The number of benzene rings is 1. The molecule has 0 aliphatic heterocycles. The number of carbonyl (C=O) groups excluding carboxylic acids is 1. The van der Waals surface area contributed by atoms with Crippen LogP contribution >= 0.6 is 0 Å². The summed E-state index contributed by atoms with van der Waals surface area (Å²) >= 11 is 0. The van der Waals surface area contributed by atoms with Gasteiger partial charge in [0.2, 0.25) is 0 Å². The fraction of sp³-hybridized carbons (Fsp3) is 0.476. The van der Waals surface area contributed by atoms with Crippen LogP contribution in [-0.2, 0) is 11.0 Å². The third kappa shape index (κ3) is 5.74. The second-order valence-corrected chi connectivity index (χ2v) is 7.68. The first-order valence-corrected chi connectivity index (χ1v) is 9.91. The molecule has 0 saturated heterocycles. The van der Waals surface area contributed by atoms with Crippen molar-refractivity contribution in [3.63, 3.8) is 0 Å². The highest BCUT2D eigenvalue weighted by molar-refractivity contribution is 6.42. The van der Waals surface area contributed by atoms with E-state index >= 15 is 0 Å². The number of hydrogen-bond donors (Lipinski definition) is 1. The van der Waals surface area contributed by atoms with E-state index in [1.807, 2.05) is 0 Å². The van der Waals surface area contributed by atoms with E-state index in [1.165, 1.54) is 19.3 Å². The minimum atomic E-state index is -4.65. The van der Waals surface area contributed by atoms with Gasteiger partial charge >= 0.3 is 6.18 Å². The van der Waals surface area contributed by atoms with Gasteiger partial charge in [0.1, 0.15) is 5.75 Å². The molecular formula is C21H23B2F3N4O2. The molecule has 1 aliphatic rings. The Morgan fingerprint density at radius 2 is 1.94 bits per heavy atom. The van der Waals surface area contributed by atoms with Crippen LogP contribution in [0.2, 0.25) is 0 Å². The Morgan fingerprint density at radius 1 is 1.31 bits per heavy atom. The van der Waals surface area contributed by atoms with Crippen molar-refractivity contribution in [3.05, 3.63) is 40.6 Å². The molecule has 32 heavy (non-hydrogen) atoms. The summed E-state index contributed by atoms with van der Waals surface area (Å²) in [5, 5.41) is 7.31. The molecule has 1 saturated carbocycles. The van der Waals surface area contributed by atoms with Crippen molar-refractivity contribution in [2.24, 2.45) is 10.7 Å². The highest BCUT2D eigenvalue weighted by atomic mass is 19.4. The van der Waals surface area contributed by atoms with E-state index in [0.29, 0.717) is 32.0 Å². The van der Waals surface area contributed by atoms with Crippen molar-refractivity contribution < 1.29 is 22.7 Å². The van der Waals surface area contributed by atoms with Gasteiger partial charge < -0.3 is 15.4 Å². The van der Waals surface area contributed by atoms with Gasteiger partial charge in [0.25, 0.3) is 0 Å². The first-order valence-electron chi connectivity index (χ1n) is 9.91. The Hall–Kier alpha value is -2.73. The molecule has 0 bridgehead atoms. The van der Waals surface area contributed by atoms with Crippen LogP contribution < -0.4 is 10.5 Å². The number of carbonyl (C=O) groups is 1. The average molecular weight is 442 g/mol. The summed E-state index contributed by atoms with van der Waals surface area (Å²) in [5.41, 5.74) is 4.62. The molecule has 11 heteroatoms. The number of nitrogens with two attached hydrogens (primary N) is 1. The number of aldehydes is 1. The molecule has 0 atom stereocenters. The van der Waals surface area contributed by atoms with Crippen LogP contribution in [0.15, 0.2) is 34.5 Å². The van der Waals surface area contributed by atoms with Gasteiger partial charge in [0.15, 0.2) is 6.29 Å². The molecule has 1 aliphatic carbocycles. The van der Waals surface area contributed by atoms with Crippen molar-refractivity contribution in [2.45, 2.75) is 49.3 Å². The fourth-order valence-corrected chi connectivity index (χ4v) is 3.70. The van der Waals surface area contributed by atoms with Crippen LogP contribution in [0, 0.1) is 11.3 Å². The quantitative estimate of drug-likeness (QED) is 0.303. The summed E-state index contributed by atoms with van der Waals surface area (Å²) in [6.07, 6.45) is -0.836. The van der Waals surface area contributed by atoms with Gasteiger partial charge in [-0.05, 0) is 56.3 Å². The molecule has 1 aromatic carbocycles. The number of alkyl halides is 3. The number of allylic oxidation sites excluding steroid dienone is 1. The molecule has 4 radical (unpaired) electrons. The minimum absolute atomic E-state index is 0.0174. The van der Waals surface area contributed by atoms with E-state index in [0.717, 1.165) is 12.1 Å². The van der Waals surface area contributed by atoms with Gasteiger partial charge in [-0.25, -0.2) is 0 Å². The van der Waals surface area contributed by atoms with Crippen LogP contribution in [0.4, 0.5) is 13.2 Å². The molecule has 6 nitrogen and oxygen atoms in total. The summed E-state index contributed by atoms with van der Waals surface area (Å²) in [7, 11) is 15.6. The average Bonchev–Trinajstić information content (AvgIpc) is 2.76. The van der Waals surface area contributed by atoms with Crippen LogP contribution in [0.25, 0.3) is 0 Å². The number of likely N-dealkylation sites (N-methyl/N-ethyl adjacent to an activating group) is 1. The number of aliphatic imine (C=N–C) groups is 1. The molecule has 0 spiro atoms. The van der Waals surface area contributed by atoms with Gasteiger partial charge in [0, 0.05) is 25.0 Å². The van der Waals surface area contributed by atoms with Crippen LogP contribution in [-0.4, -0.2) is 64.7 Å². The molecule has 1 fully saturated rings. The normalized spacial score (nSPS) is 20.7. The monoisotopic (exact) mass is 442 g/mol. The molecule has 0 heterocycles. The molecule has 166 valence electrons. The number of halogens is 3. The summed E-state index contributed by atoms with van der Waals surface area (Å²) in [4.78, 5) is 16.7. The lowest BCUT2D eigenvalue weighted by Gasteiger charge is -2.45. The van der Waals surface area contributed by atoms with Crippen molar-refractivity contribution in [1.29, 1.82) is 5.26 Å². The number of nitriles is 1. The topological polar surface area (TPSA) is 91.7 Å². The summed E-state index contributed by atoms with van der Waals surface area (Å²) in [6.45, 7) is 0. The van der Waals surface area contributed by atoms with Crippen LogP contribution in [0.3, 0.4) is 0 Å². The van der Waals surface area contributed by atoms with E-state index in [1.54, 1.807) is 18.0 Å². The molecular weight excluding hydrogens is 419 g/mol. The lowest BCUT2D eigenvalue weighted by Crippen LogP contribution is -2.57. The molecule has 2 rings (SSSR count). The van der Waals surface area contributed by atoms with E-state index in [9.17, 15) is 18.0 Å². The minimum Gasteiger partial charge on any atom is -0.490 e. The Kier molecular flexibility index (Phi) is 8.18. The predicted octanol–water partition coefficient (Wildman–Crippen LogP) is 2.30. The lowest BCUT2D eigenvalue weighted by atomic mass is 9.57.